The van der Waals surface area contributed by atoms with Crippen molar-refractivity contribution >= 4 is 29.1 Å². The van der Waals surface area contributed by atoms with Gasteiger partial charge in [-0.05, 0) is 0 Å². The molecule has 0 bridgehead atoms. The fraction of sp³-hybridized carbons (Fsp3) is 0.444. The molecular formula is C9H11ClFN5O. The van der Waals surface area contributed by atoms with Gasteiger partial charge < -0.3 is 16.4 Å². The molecule has 2 atom stereocenters. The Kier molecular flexibility index (Phi) is 3.01. The number of anilines is 2. The Morgan fingerprint density at radius 2 is 2.29 bits per heavy atom. The molecule has 0 aromatic carbocycles. The van der Waals surface area contributed by atoms with E-state index in [-0.39, 0.29) is 29.6 Å². The minimum atomic E-state index is -1.14. The van der Waals surface area contributed by atoms with Gasteiger partial charge in [0.25, 0.3) is 0 Å². The van der Waals surface area contributed by atoms with Crippen molar-refractivity contribution in [2.45, 2.75) is 18.6 Å². The van der Waals surface area contributed by atoms with Crippen LogP contribution >= 0.6 is 11.6 Å². The van der Waals surface area contributed by atoms with Crippen LogP contribution in [0.4, 0.5) is 16.0 Å². The van der Waals surface area contributed by atoms with Gasteiger partial charge in [0.1, 0.15) is 29.4 Å². The van der Waals surface area contributed by atoms with Crippen LogP contribution in [0.25, 0.3) is 0 Å². The van der Waals surface area contributed by atoms with Crippen molar-refractivity contribution in [3.63, 3.8) is 0 Å². The number of amides is 1. The summed E-state index contributed by atoms with van der Waals surface area (Å²) in [5.74, 6) is -0.288. The quantitative estimate of drug-likeness (QED) is 0.786. The third kappa shape index (κ3) is 2.10. The molecule has 0 spiro atoms. The Morgan fingerprint density at radius 3 is 2.94 bits per heavy atom. The van der Waals surface area contributed by atoms with Gasteiger partial charge in [0, 0.05) is 6.42 Å². The van der Waals surface area contributed by atoms with Crippen molar-refractivity contribution in [1.29, 1.82) is 0 Å². The summed E-state index contributed by atoms with van der Waals surface area (Å²) in [6, 6.07) is -0.753. The number of hydrogen-bond acceptors (Lipinski definition) is 5. The average molecular weight is 260 g/mol. The Morgan fingerprint density at radius 1 is 1.59 bits per heavy atom. The highest BCUT2D eigenvalue weighted by Crippen LogP contribution is 2.32. The first-order valence-electron chi connectivity index (χ1n) is 4.96. The number of carbonyl (C=O) groups is 1. The van der Waals surface area contributed by atoms with Gasteiger partial charge in [-0.1, -0.05) is 11.6 Å². The van der Waals surface area contributed by atoms with Crippen LogP contribution in [0.2, 0.25) is 5.02 Å². The first kappa shape index (κ1) is 11.8. The number of halogens is 2. The number of hydrogen-bond donors (Lipinski definition) is 2. The Balaban J connectivity index is 2.38. The van der Waals surface area contributed by atoms with Crippen molar-refractivity contribution in [3.05, 3.63) is 11.3 Å². The fourth-order valence-corrected chi connectivity index (χ4v) is 2.07. The normalized spacial score (nSPS) is 24.0. The number of rotatable bonds is 2. The number of aromatic nitrogens is 2. The zero-order chi connectivity index (χ0) is 12.6. The lowest BCUT2D eigenvalue weighted by molar-refractivity contribution is -0.119. The number of carbonyl (C=O) groups excluding carboxylic acids is 1. The van der Waals surface area contributed by atoms with E-state index in [1.54, 1.807) is 0 Å². The molecule has 1 aliphatic heterocycles. The smallest absolute Gasteiger partial charge is 0.240 e. The van der Waals surface area contributed by atoms with E-state index in [2.05, 4.69) is 9.97 Å². The summed E-state index contributed by atoms with van der Waals surface area (Å²) in [6.07, 6.45) is 0.107. The van der Waals surface area contributed by atoms with Gasteiger partial charge in [0.2, 0.25) is 5.91 Å². The van der Waals surface area contributed by atoms with Gasteiger partial charge in [-0.15, -0.1) is 0 Å². The van der Waals surface area contributed by atoms with Gasteiger partial charge in [0.15, 0.2) is 5.82 Å². The number of nitrogens with zero attached hydrogens (tertiary/aromatic N) is 3. The van der Waals surface area contributed by atoms with Gasteiger partial charge in [-0.2, -0.15) is 0 Å². The van der Waals surface area contributed by atoms with Gasteiger partial charge >= 0.3 is 0 Å². The van der Waals surface area contributed by atoms with Crippen molar-refractivity contribution < 1.29 is 9.18 Å². The molecule has 1 aliphatic rings. The number of primary amides is 1. The average Bonchev–Trinajstić information content (AvgIpc) is 2.64. The van der Waals surface area contributed by atoms with Crippen LogP contribution < -0.4 is 16.4 Å². The summed E-state index contributed by atoms with van der Waals surface area (Å²) in [7, 11) is 0. The van der Waals surface area contributed by atoms with Crippen molar-refractivity contribution in [2.24, 2.45) is 5.73 Å². The SMILES string of the molecule is NC(=O)[C@@H]1C[C@@H](F)CN1c1ncnc(N)c1Cl. The molecule has 1 amide bonds. The Hall–Kier alpha value is -1.63. The lowest BCUT2D eigenvalue weighted by Gasteiger charge is -2.23. The predicted octanol–water partition coefficient (Wildman–Crippen LogP) is 0.114. The van der Waals surface area contributed by atoms with E-state index >= 15 is 0 Å². The standard InChI is InChI=1S/C9H11ClFN5O/c10-6-7(12)14-3-15-9(6)16-2-4(11)1-5(16)8(13)17/h3-5H,1-2H2,(H2,13,17)(H2,12,14,15)/t4-,5+/m1/s1. The Labute approximate surface area is 102 Å². The molecule has 17 heavy (non-hydrogen) atoms. The highest BCUT2D eigenvalue weighted by molar-refractivity contribution is 6.35. The van der Waals surface area contributed by atoms with Gasteiger partial charge in [0.05, 0.1) is 6.54 Å². The number of alkyl halides is 1. The first-order valence-corrected chi connectivity index (χ1v) is 5.34. The molecule has 0 radical (unpaired) electrons. The summed E-state index contributed by atoms with van der Waals surface area (Å²) in [5, 5.41) is 0.104. The second kappa shape index (κ2) is 4.33. The molecule has 92 valence electrons. The van der Waals surface area contributed by atoms with E-state index < -0.39 is 18.1 Å². The molecule has 1 saturated heterocycles. The second-order valence-electron chi connectivity index (χ2n) is 3.80. The van der Waals surface area contributed by atoms with E-state index in [0.29, 0.717) is 0 Å². The second-order valence-corrected chi connectivity index (χ2v) is 4.18. The molecule has 1 aromatic rings. The summed E-state index contributed by atoms with van der Waals surface area (Å²) < 4.78 is 13.3. The maximum Gasteiger partial charge on any atom is 0.240 e. The van der Waals surface area contributed by atoms with Crippen LogP contribution in [0.1, 0.15) is 6.42 Å². The van der Waals surface area contributed by atoms with Gasteiger partial charge in [-0.3, -0.25) is 4.79 Å². The van der Waals surface area contributed by atoms with Crippen molar-refractivity contribution in [3.8, 4) is 0 Å². The molecule has 0 aliphatic carbocycles. The molecule has 8 heteroatoms. The molecule has 1 fully saturated rings. The molecule has 1 aromatic heterocycles. The molecule has 6 nitrogen and oxygen atoms in total. The van der Waals surface area contributed by atoms with E-state index in [9.17, 15) is 9.18 Å². The summed E-state index contributed by atoms with van der Waals surface area (Å²) in [6.45, 7) is 0.0176. The third-order valence-corrected chi connectivity index (χ3v) is 3.01. The number of nitrogen functional groups attached to an aromatic ring is 1. The van der Waals surface area contributed by atoms with Crippen LogP contribution in [0, 0.1) is 0 Å². The maximum absolute atomic E-state index is 13.3. The zero-order valence-corrected chi connectivity index (χ0v) is 9.56. The van der Waals surface area contributed by atoms with Crippen LogP contribution in [0.15, 0.2) is 6.33 Å². The largest absolute Gasteiger partial charge is 0.382 e. The summed E-state index contributed by atoms with van der Waals surface area (Å²) in [5.41, 5.74) is 10.7. The highest BCUT2D eigenvalue weighted by atomic mass is 35.5. The van der Waals surface area contributed by atoms with Gasteiger partial charge in [-0.25, -0.2) is 14.4 Å². The lowest BCUT2D eigenvalue weighted by atomic mass is 10.2. The minimum Gasteiger partial charge on any atom is -0.382 e. The van der Waals surface area contributed by atoms with Crippen molar-refractivity contribution in [2.75, 3.05) is 17.2 Å². The van der Waals surface area contributed by atoms with E-state index in [4.69, 9.17) is 23.1 Å². The topological polar surface area (TPSA) is 98.1 Å². The minimum absolute atomic E-state index is 0.0176. The molecule has 0 unspecified atom stereocenters. The summed E-state index contributed by atoms with van der Waals surface area (Å²) in [4.78, 5) is 20.3. The first-order chi connectivity index (χ1) is 8.00. The maximum atomic E-state index is 13.3. The zero-order valence-electron chi connectivity index (χ0n) is 8.81. The Bertz CT molecular complexity index is 457. The summed E-state index contributed by atoms with van der Waals surface area (Å²) >= 11 is 5.92. The molecule has 4 N–H and O–H groups in total. The predicted molar refractivity (Wildman–Crippen MR) is 61.3 cm³/mol. The van der Waals surface area contributed by atoms with Crippen molar-refractivity contribution in [1.82, 2.24) is 9.97 Å². The van der Waals surface area contributed by atoms with Crippen LogP contribution in [0.3, 0.4) is 0 Å². The van der Waals surface area contributed by atoms with Crippen LogP contribution in [0.5, 0.6) is 0 Å². The van der Waals surface area contributed by atoms with Crippen LogP contribution in [-0.4, -0.2) is 34.6 Å². The van der Waals surface area contributed by atoms with E-state index in [0.717, 1.165) is 0 Å². The molecular weight excluding hydrogens is 249 g/mol. The third-order valence-electron chi connectivity index (χ3n) is 2.65. The molecule has 2 heterocycles. The number of nitrogens with two attached hydrogens (primary N) is 2. The monoisotopic (exact) mass is 259 g/mol. The fourth-order valence-electron chi connectivity index (χ4n) is 1.86. The lowest BCUT2D eigenvalue weighted by Crippen LogP contribution is -2.41. The molecule has 0 saturated carbocycles. The van der Waals surface area contributed by atoms with E-state index in [1.807, 2.05) is 0 Å². The highest BCUT2D eigenvalue weighted by Gasteiger charge is 2.37. The van der Waals surface area contributed by atoms with E-state index in [1.165, 1.54) is 11.2 Å². The van der Waals surface area contributed by atoms with Crippen LogP contribution in [-0.2, 0) is 4.79 Å². The molecule has 2 rings (SSSR count).